The van der Waals surface area contributed by atoms with Crippen LogP contribution in [0.5, 0.6) is 5.75 Å². The van der Waals surface area contributed by atoms with Crippen LogP contribution in [0.4, 0.5) is 10.1 Å². The molecule has 1 aliphatic heterocycles. The van der Waals surface area contributed by atoms with Crippen molar-refractivity contribution in [3.63, 3.8) is 0 Å². The Kier molecular flexibility index (Phi) is 6.62. The van der Waals surface area contributed by atoms with E-state index in [1.165, 1.54) is 25.3 Å². The Morgan fingerprint density at radius 2 is 1.81 bits per heavy atom. The van der Waals surface area contributed by atoms with Gasteiger partial charge >= 0.3 is 0 Å². The molecule has 31 heavy (non-hydrogen) atoms. The fraction of sp³-hybridized carbons (Fsp3) is 0.278. The first-order chi connectivity index (χ1) is 14.5. The third-order valence-corrected chi connectivity index (χ3v) is 7.35. The summed E-state index contributed by atoms with van der Waals surface area (Å²) >= 11 is 0. The second kappa shape index (κ2) is 8.88. The van der Waals surface area contributed by atoms with Gasteiger partial charge in [0.25, 0.3) is 5.91 Å². The van der Waals surface area contributed by atoms with E-state index in [0.29, 0.717) is 0 Å². The van der Waals surface area contributed by atoms with Crippen molar-refractivity contribution in [3.8, 4) is 5.75 Å². The number of halogens is 1. The zero-order chi connectivity index (χ0) is 22.8. The molecule has 1 fully saturated rings. The lowest BCUT2D eigenvalue weighted by atomic mass is 10.2. The molecule has 2 aromatic rings. The summed E-state index contributed by atoms with van der Waals surface area (Å²) < 4.78 is 74.4. The number of hydrogen-bond donors (Lipinski definition) is 2. The van der Waals surface area contributed by atoms with Crippen molar-refractivity contribution >= 4 is 31.6 Å². The van der Waals surface area contributed by atoms with E-state index in [9.17, 15) is 26.0 Å². The number of benzene rings is 2. The van der Waals surface area contributed by atoms with E-state index in [2.05, 4.69) is 5.32 Å². The van der Waals surface area contributed by atoms with Crippen LogP contribution in [0.15, 0.2) is 46.2 Å². The summed E-state index contributed by atoms with van der Waals surface area (Å²) in [4.78, 5) is 11.8. The maximum Gasteiger partial charge on any atom is 0.259 e. The number of anilines is 1. The van der Waals surface area contributed by atoms with Crippen LogP contribution in [0.2, 0.25) is 0 Å². The smallest absolute Gasteiger partial charge is 0.259 e. The van der Waals surface area contributed by atoms with Gasteiger partial charge in [-0.05, 0) is 36.4 Å². The van der Waals surface area contributed by atoms with Crippen molar-refractivity contribution in [3.05, 3.63) is 47.8 Å². The topological polar surface area (TPSA) is 145 Å². The molecule has 10 nitrogen and oxygen atoms in total. The normalized spacial score (nSPS) is 15.5. The first kappa shape index (κ1) is 23.1. The largest absolute Gasteiger partial charge is 0.496 e. The molecule has 1 saturated heterocycles. The number of ether oxygens (including phenoxy) is 2. The van der Waals surface area contributed by atoms with Gasteiger partial charge in [0.1, 0.15) is 16.5 Å². The van der Waals surface area contributed by atoms with E-state index in [1.54, 1.807) is 0 Å². The van der Waals surface area contributed by atoms with Crippen molar-refractivity contribution in [1.82, 2.24) is 4.31 Å². The van der Waals surface area contributed by atoms with Gasteiger partial charge in [-0.1, -0.05) is 0 Å². The number of hydrogen-bond acceptors (Lipinski definition) is 7. The van der Waals surface area contributed by atoms with Crippen molar-refractivity contribution in [2.24, 2.45) is 5.14 Å². The van der Waals surface area contributed by atoms with Crippen molar-refractivity contribution in [2.45, 2.75) is 9.79 Å². The number of primary sulfonamides is 1. The highest BCUT2D eigenvalue weighted by Crippen LogP contribution is 2.26. The lowest BCUT2D eigenvalue weighted by Gasteiger charge is -2.26. The first-order valence-corrected chi connectivity index (χ1v) is 11.9. The highest BCUT2D eigenvalue weighted by molar-refractivity contribution is 7.89. The molecule has 13 heteroatoms. The van der Waals surface area contributed by atoms with E-state index >= 15 is 0 Å². The minimum absolute atomic E-state index is 0.0127. The second-order valence-corrected chi connectivity index (χ2v) is 9.99. The number of sulfonamides is 2. The average Bonchev–Trinajstić information content (AvgIpc) is 2.74. The van der Waals surface area contributed by atoms with Gasteiger partial charge in [-0.15, -0.1) is 0 Å². The summed E-state index contributed by atoms with van der Waals surface area (Å²) in [5.41, 5.74) is -0.169. The van der Waals surface area contributed by atoms with Crippen LogP contribution in [0.3, 0.4) is 0 Å². The first-order valence-electron chi connectivity index (χ1n) is 8.93. The number of nitrogens with two attached hydrogens (primary N) is 1. The third-order valence-electron chi connectivity index (χ3n) is 4.52. The fourth-order valence-electron chi connectivity index (χ4n) is 2.94. The summed E-state index contributed by atoms with van der Waals surface area (Å²) in [7, 11) is -6.94. The summed E-state index contributed by atoms with van der Waals surface area (Å²) in [6.45, 7) is 0.542. The van der Waals surface area contributed by atoms with Gasteiger partial charge < -0.3 is 14.8 Å². The molecule has 0 aromatic heterocycles. The molecule has 3 rings (SSSR count). The third kappa shape index (κ3) is 5.02. The molecule has 1 aliphatic rings. The summed E-state index contributed by atoms with van der Waals surface area (Å²) in [6, 6.07) is 6.55. The van der Waals surface area contributed by atoms with Gasteiger partial charge in [-0.3, -0.25) is 4.79 Å². The number of rotatable bonds is 6. The van der Waals surface area contributed by atoms with Gasteiger partial charge in [-0.2, -0.15) is 4.31 Å². The van der Waals surface area contributed by atoms with Crippen LogP contribution < -0.4 is 15.2 Å². The molecule has 0 saturated carbocycles. The number of nitrogens with zero attached hydrogens (tertiary/aromatic N) is 1. The van der Waals surface area contributed by atoms with Gasteiger partial charge in [0.15, 0.2) is 0 Å². The lowest BCUT2D eigenvalue weighted by Crippen LogP contribution is -2.40. The number of morpholine rings is 1. The quantitative estimate of drug-likeness (QED) is 0.630. The van der Waals surface area contributed by atoms with Crippen LogP contribution in [-0.2, 0) is 24.8 Å². The second-order valence-electron chi connectivity index (χ2n) is 6.52. The minimum atomic E-state index is -4.15. The summed E-state index contributed by atoms with van der Waals surface area (Å²) in [5.74, 6) is -1.71. The molecule has 0 unspecified atom stereocenters. The molecular weight excluding hydrogens is 453 g/mol. The maximum atomic E-state index is 14.3. The van der Waals surface area contributed by atoms with E-state index in [1.807, 2.05) is 0 Å². The molecule has 168 valence electrons. The molecule has 1 heterocycles. The highest BCUT2D eigenvalue weighted by atomic mass is 32.2. The van der Waals surface area contributed by atoms with Gasteiger partial charge in [0.2, 0.25) is 20.0 Å². The number of methoxy groups -OCH3 is 1. The fourth-order valence-corrected chi connectivity index (χ4v) is 4.98. The van der Waals surface area contributed by atoms with Crippen molar-refractivity contribution in [1.29, 1.82) is 0 Å². The molecule has 0 aliphatic carbocycles. The van der Waals surface area contributed by atoms with Crippen LogP contribution in [-0.4, -0.2) is 60.5 Å². The molecule has 0 bridgehead atoms. The van der Waals surface area contributed by atoms with Crippen molar-refractivity contribution in [2.75, 3.05) is 38.7 Å². The number of nitrogens with one attached hydrogen (secondary N) is 1. The Hall–Kier alpha value is -2.58. The minimum Gasteiger partial charge on any atom is -0.496 e. The van der Waals surface area contributed by atoms with Gasteiger partial charge in [0, 0.05) is 18.8 Å². The Balaban J connectivity index is 1.94. The summed E-state index contributed by atoms with van der Waals surface area (Å²) in [5, 5.41) is 7.53. The molecule has 3 N–H and O–H groups in total. The zero-order valence-electron chi connectivity index (χ0n) is 16.4. The van der Waals surface area contributed by atoms with Crippen LogP contribution in [0.25, 0.3) is 0 Å². The number of carbonyl (C=O) groups excluding carboxylic acids is 1. The van der Waals surface area contributed by atoms with Crippen molar-refractivity contribution < 1.29 is 35.5 Å². The van der Waals surface area contributed by atoms with Gasteiger partial charge in [0.05, 0.1) is 30.8 Å². The Morgan fingerprint density at radius 1 is 1.13 bits per heavy atom. The molecule has 2 aromatic carbocycles. The number of amides is 1. The Morgan fingerprint density at radius 3 is 2.42 bits per heavy atom. The predicted molar refractivity (Wildman–Crippen MR) is 108 cm³/mol. The van der Waals surface area contributed by atoms with E-state index in [4.69, 9.17) is 14.6 Å². The van der Waals surface area contributed by atoms with E-state index in [-0.39, 0.29) is 48.2 Å². The van der Waals surface area contributed by atoms with Crippen LogP contribution in [0.1, 0.15) is 10.4 Å². The predicted octanol–water partition coefficient (Wildman–Crippen LogP) is 0.755. The molecule has 1 amide bonds. The highest BCUT2D eigenvalue weighted by Gasteiger charge is 2.29. The summed E-state index contributed by atoms with van der Waals surface area (Å²) in [6.07, 6.45) is 0. The zero-order valence-corrected chi connectivity index (χ0v) is 18.0. The van der Waals surface area contributed by atoms with E-state index in [0.717, 1.165) is 22.5 Å². The SMILES string of the molecule is COc1ccc(S(N)(=O)=O)cc1C(=O)Nc1ccc(F)c(S(=O)(=O)N2CCOCC2)c1. The lowest BCUT2D eigenvalue weighted by molar-refractivity contribution is 0.0729. The standard InChI is InChI=1S/C18H20FN3O7S2/c1-28-16-5-3-13(30(20,24)25)11-14(16)18(23)21-12-2-4-15(19)17(10-12)31(26,27)22-6-8-29-9-7-22/h2-5,10-11H,6-9H2,1H3,(H,21,23)(H2,20,24,25). The Labute approximate surface area is 178 Å². The van der Waals surface area contributed by atoms with Crippen LogP contribution in [0, 0.1) is 5.82 Å². The average molecular weight is 474 g/mol. The number of carbonyl (C=O) groups is 1. The van der Waals surface area contributed by atoms with Crippen LogP contribution >= 0.6 is 0 Å². The maximum absolute atomic E-state index is 14.3. The molecule has 0 radical (unpaired) electrons. The molecular formula is C18H20FN3O7S2. The molecule has 0 atom stereocenters. The Bertz CT molecular complexity index is 1210. The molecule has 0 spiro atoms. The van der Waals surface area contributed by atoms with Gasteiger partial charge in [-0.25, -0.2) is 26.4 Å². The monoisotopic (exact) mass is 473 g/mol. The van der Waals surface area contributed by atoms with E-state index < -0.39 is 36.7 Å².